The molecule has 0 amide bonds. The molecule has 0 aliphatic carbocycles. The highest BCUT2D eigenvalue weighted by molar-refractivity contribution is 7.98. The van der Waals surface area contributed by atoms with E-state index >= 15 is 0 Å². The second-order valence-electron chi connectivity index (χ2n) is 5.70. The Morgan fingerprint density at radius 3 is 2.58 bits per heavy atom. The first-order valence-corrected chi connectivity index (χ1v) is 8.60. The third kappa shape index (κ3) is 2.90. The van der Waals surface area contributed by atoms with Gasteiger partial charge < -0.3 is 4.40 Å². The molecule has 0 saturated heterocycles. The first-order valence-electron chi connectivity index (χ1n) is 7.61. The highest BCUT2D eigenvalue weighted by Gasteiger charge is 2.10. The van der Waals surface area contributed by atoms with Gasteiger partial charge in [0.1, 0.15) is 5.65 Å². The van der Waals surface area contributed by atoms with Crippen LogP contribution in [0.2, 0.25) is 0 Å². The van der Waals surface area contributed by atoms with Crippen molar-refractivity contribution in [2.75, 3.05) is 0 Å². The quantitative estimate of drug-likeness (QED) is 0.536. The van der Waals surface area contributed by atoms with Gasteiger partial charge in [0, 0.05) is 18.1 Å². The van der Waals surface area contributed by atoms with Gasteiger partial charge in [-0.05, 0) is 48.0 Å². The molecule has 3 heterocycles. The van der Waals surface area contributed by atoms with Gasteiger partial charge in [0.25, 0.3) is 0 Å². The van der Waals surface area contributed by atoms with Crippen LogP contribution >= 0.6 is 11.8 Å². The van der Waals surface area contributed by atoms with Gasteiger partial charge in [0.2, 0.25) is 5.16 Å². The molecule has 0 unspecified atom stereocenters. The molecule has 0 aliphatic heterocycles. The fourth-order valence-electron chi connectivity index (χ4n) is 2.48. The molecule has 1 aromatic carbocycles. The largest absolute Gasteiger partial charge is 0.307 e. The van der Waals surface area contributed by atoms with Crippen LogP contribution in [-0.4, -0.2) is 29.6 Å². The number of nitrogens with zero attached hydrogens (tertiary/aromatic N) is 6. The Morgan fingerprint density at radius 2 is 1.75 bits per heavy atom. The van der Waals surface area contributed by atoms with E-state index in [1.165, 1.54) is 11.1 Å². The van der Waals surface area contributed by atoms with Crippen LogP contribution in [-0.2, 0) is 5.75 Å². The number of hydrogen-bond donors (Lipinski definition) is 0. The number of aromatic nitrogens is 6. The minimum atomic E-state index is 0.715. The van der Waals surface area contributed by atoms with E-state index in [4.69, 9.17) is 0 Å². The lowest BCUT2D eigenvalue weighted by Gasteiger charge is -2.03. The summed E-state index contributed by atoms with van der Waals surface area (Å²) >= 11 is 1.58. The van der Waals surface area contributed by atoms with E-state index in [9.17, 15) is 0 Å². The zero-order chi connectivity index (χ0) is 16.5. The van der Waals surface area contributed by atoms with E-state index in [-0.39, 0.29) is 0 Å². The van der Waals surface area contributed by atoms with Crippen LogP contribution in [0.1, 0.15) is 16.8 Å². The van der Waals surface area contributed by atoms with Gasteiger partial charge in [-0.1, -0.05) is 35.5 Å². The number of tetrazole rings is 1. The fourth-order valence-corrected chi connectivity index (χ4v) is 3.26. The summed E-state index contributed by atoms with van der Waals surface area (Å²) in [6.45, 7) is 4.13. The summed E-state index contributed by atoms with van der Waals surface area (Å²) in [5.74, 6) is 0.715. The SMILES string of the molecule is Cc1ccc(-n2nnnc2SCc2cn3cc(C)ccc3n2)cc1. The summed E-state index contributed by atoms with van der Waals surface area (Å²) in [5, 5.41) is 12.8. The van der Waals surface area contributed by atoms with Crippen LogP contribution in [0.15, 0.2) is 53.9 Å². The minimum absolute atomic E-state index is 0.715. The molecule has 0 fully saturated rings. The monoisotopic (exact) mass is 336 g/mol. The fraction of sp³-hybridized carbons (Fsp3) is 0.176. The van der Waals surface area contributed by atoms with Gasteiger partial charge in [0.05, 0.1) is 11.4 Å². The average molecular weight is 336 g/mol. The number of hydrogen-bond acceptors (Lipinski definition) is 5. The van der Waals surface area contributed by atoms with Crippen LogP contribution in [0.3, 0.4) is 0 Å². The van der Waals surface area contributed by atoms with E-state index in [2.05, 4.69) is 64.9 Å². The van der Waals surface area contributed by atoms with E-state index in [0.29, 0.717) is 5.75 Å². The Kier molecular flexibility index (Phi) is 3.78. The lowest BCUT2D eigenvalue weighted by molar-refractivity contribution is 0.756. The van der Waals surface area contributed by atoms with E-state index in [1.54, 1.807) is 16.4 Å². The standard InChI is InChI=1S/C17H16N6S/c1-12-3-6-15(7-4-12)23-17(19-20-21-23)24-11-14-10-22-9-13(2)5-8-16(22)18-14/h3-10H,11H2,1-2H3. The maximum Gasteiger partial charge on any atom is 0.214 e. The van der Waals surface area contributed by atoms with Crippen molar-refractivity contribution in [2.24, 2.45) is 0 Å². The summed E-state index contributed by atoms with van der Waals surface area (Å²) in [4.78, 5) is 4.63. The van der Waals surface area contributed by atoms with Crippen LogP contribution in [0.5, 0.6) is 0 Å². The van der Waals surface area contributed by atoms with Gasteiger partial charge in [-0.3, -0.25) is 0 Å². The summed E-state index contributed by atoms with van der Waals surface area (Å²) < 4.78 is 3.80. The molecule has 0 aliphatic rings. The topological polar surface area (TPSA) is 60.9 Å². The van der Waals surface area contributed by atoms with Crippen molar-refractivity contribution < 1.29 is 0 Å². The van der Waals surface area contributed by atoms with Crippen LogP contribution in [0.4, 0.5) is 0 Å². The molecule has 6 nitrogen and oxygen atoms in total. The Balaban J connectivity index is 1.55. The Labute approximate surface area is 143 Å². The lowest BCUT2D eigenvalue weighted by atomic mass is 10.2. The Bertz CT molecular complexity index is 986. The van der Waals surface area contributed by atoms with Crippen molar-refractivity contribution in [3.63, 3.8) is 0 Å². The molecule has 3 aromatic heterocycles. The van der Waals surface area contributed by atoms with E-state index in [0.717, 1.165) is 22.2 Å². The number of fused-ring (bicyclic) bond motifs is 1. The second kappa shape index (κ2) is 6.09. The number of thioether (sulfide) groups is 1. The summed E-state index contributed by atoms with van der Waals surface area (Å²) in [6.07, 6.45) is 4.13. The smallest absolute Gasteiger partial charge is 0.214 e. The van der Waals surface area contributed by atoms with Gasteiger partial charge in [-0.2, -0.15) is 4.68 Å². The first-order chi connectivity index (χ1) is 11.7. The molecule has 0 bridgehead atoms. The molecule has 120 valence electrons. The van der Waals surface area contributed by atoms with Crippen LogP contribution in [0, 0.1) is 13.8 Å². The normalized spacial score (nSPS) is 11.2. The van der Waals surface area contributed by atoms with Gasteiger partial charge in [-0.15, -0.1) is 5.10 Å². The first kappa shape index (κ1) is 14.9. The van der Waals surface area contributed by atoms with Crippen molar-refractivity contribution in [1.29, 1.82) is 0 Å². The molecule has 0 spiro atoms. The molecule has 7 heteroatoms. The van der Waals surface area contributed by atoms with Crippen molar-refractivity contribution in [2.45, 2.75) is 24.8 Å². The summed E-state index contributed by atoms with van der Waals surface area (Å²) in [7, 11) is 0. The van der Waals surface area contributed by atoms with E-state index < -0.39 is 0 Å². The van der Waals surface area contributed by atoms with Crippen molar-refractivity contribution in [3.8, 4) is 5.69 Å². The predicted molar refractivity (Wildman–Crippen MR) is 93.4 cm³/mol. The van der Waals surface area contributed by atoms with Crippen LogP contribution < -0.4 is 0 Å². The maximum atomic E-state index is 4.63. The molecule has 24 heavy (non-hydrogen) atoms. The molecule has 0 N–H and O–H groups in total. The molecule has 0 atom stereocenters. The average Bonchev–Trinajstić information content (AvgIpc) is 3.19. The Hall–Kier alpha value is -2.67. The minimum Gasteiger partial charge on any atom is -0.307 e. The number of pyridine rings is 1. The zero-order valence-electron chi connectivity index (χ0n) is 13.4. The lowest BCUT2D eigenvalue weighted by Crippen LogP contribution is -1.99. The van der Waals surface area contributed by atoms with Gasteiger partial charge in [-0.25, -0.2) is 4.98 Å². The molecular formula is C17H16N6S. The predicted octanol–water partition coefficient (Wildman–Crippen LogP) is 3.22. The third-order valence-electron chi connectivity index (χ3n) is 3.72. The number of imidazole rings is 1. The van der Waals surface area contributed by atoms with Crippen molar-refractivity contribution >= 4 is 17.4 Å². The molecule has 4 aromatic rings. The number of aryl methyl sites for hydroxylation is 2. The maximum absolute atomic E-state index is 4.63. The molecular weight excluding hydrogens is 320 g/mol. The second-order valence-corrected chi connectivity index (χ2v) is 6.64. The third-order valence-corrected chi connectivity index (χ3v) is 4.67. The highest BCUT2D eigenvalue weighted by atomic mass is 32.2. The van der Waals surface area contributed by atoms with Crippen LogP contribution in [0.25, 0.3) is 11.3 Å². The summed E-state index contributed by atoms with van der Waals surface area (Å²) in [6, 6.07) is 12.2. The Morgan fingerprint density at radius 1 is 0.958 bits per heavy atom. The summed E-state index contributed by atoms with van der Waals surface area (Å²) in [5.41, 5.74) is 5.33. The van der Waals surface area contributed by atoms with Gasteiger partial charge in [0.15, 0.2) is 0 Å². The zero-order valence-corrected chi connectivity index (χ0v) is 14.2. The number of rotatable bonds is 4. The van der Waals surface area contributed by atoms with E-state index in [1.807, 2.05) is 22.6 Å². The molecule has 0 saturated carbocycles. The highest BCUT2D eigenvalue weighted by Crippen LogP contribution is 2.22. The molecule has 0 radical (unpaired) electrons. The number of benzene rings is 1. The molecule has 4 rings (SSSR count). The van der Waals surface area contributed by atoms with Crippen molar-refractivity contribution in [3.05, 3.63) is 65.6 Å². The van der Waals surface area contributed by atoms with Gasteiger partial charge >= 0.3 is 0 Å². The van der Waals surface area contributed by atoms with Crippen molar-refractivity contribution in [1.82, 2.24) is 29.6 Å².